The summed E-state index contributed by atoms with van der Waals surface area (Å²) in [5.74, 6) is -0.358. The molecule has 5 nitrogen and oxygen atoms in total. The predicted octanol–water partition coefficient (Wildman–Crippen LogP) is 1.95. The van der Waals surface area contributed by atoms with Crippen molar-refractivity contribution in [2.45, 2.75) is 26.3 Å². The number of carbonyl (C=O) groups is 2. The Balaban J connectivity index is 1.94. The van der Waals surface area contributed by atoms with Gasteiger partial charge in [-0.25, -0.2) is 0 Å². The van der Waals surface area contributed by atoms with Crippen molar-refractivity contribution < 1.29 is 14.3 Å². The van der Waals surface area contributed by atoms with E-state index >= 15 is 0 Å². The van der Waals surface area contributed by atoms with Gasteiger partial charge in [-0.2, -0.15) is 5.10 Å². The van der Waals surface area contributed by atoms with Gasteiger partial charge >= 0.3 is 5.97 Å². The summed E-state index contributed by atoms with van der Waals surface area (Å²) < 4.78 is 6.44. The highest BCUT2D eigenvalue weighted by Crippen LogP contribution is 2.12. The second-order valence-corrected chi connectivity index (χ2v) is 4.20. The summed E-state index contributed by atoms with van der Waals surface area (Å²) >= 11 is 0. The maximum Gasteiger partial charge on any atom is 0.306 e. The Bertz CT molecular complexity index is 589. The Morgan fingerprint density at radius 2 is 2.05 bits per heavy atom. The number of para-hydroxylation sites is 1. The molecular formula is C14H16N2O3. The summed E-state index contributed by atoms with van der Waals surface area (Å²) in [6.45, 7) is 2.28. The van der Waals surface area contributed by atoms with Crippen LogP contribution in [0.1, 0.15) is 19.8 Å². The van der Waals surface area contributed by atoms with Crippen LogP contribution in [-0.4, -0.2) is 28.1 Å². The van der Waals surface area contributed by atoms with Crippen molar-refractivity contribution in [2.75, 3.05) is 6.61 Å². The highest BCUT2D eigenvalue weighted by atomic mass is 16.5. The van der Waals surface area contributed by atoms with E-state index in [2.05, 4.69) is 5.10 Å². The van der Waals surface area contributed by atoms with Crippen molar-refractivity contribution in [3.63, 3.8) is 0 Å². The first-order valence-corrected chi connectivity index (χ1v) is 6.28. The molecule has 0 atom stereocenters. The minimum absolute atomic E-state index is 0.0260. The molecule has 1 aromatic carbocycles. The second-order valence-electron chi connectivity index (χ2n) is 4.20. The topological polar surface area (TPSA) is 61.2 Å². The van der Waals surface area contributed by atoms with E-state index in [1.165, 1.54) is 0 Å². The van der Waals surface area contributed by atoms with Gasteiger partial charge in [0.05, 0.1) is 24.7 Å². The van der Waals surface area contributed by atoms with Crippen LogP contribution in [0.15, 0.2) is 30.5 Å². The molecule has 0 radical (unpaired) electrons. The molecule has 0 fully saturated rings. The molecule has 0 aliphatic rings. The molecule has 19 heavy (non-hydrogen) atoms. The summed E-state index contributed by atoms with van der Waals surface area (Å²) in [6.07, 6.45) is 2.05. The fourth-order valence-corrected chi connectivity index (χ4v) is 1.87. The van der Waals surface area contributed by atoms with E-state index in [1.54, 1.807) is 17.8 Å². The molecule has 0 saturated heterocycles. The van der Waals surface area contributed by atoms with E-state index in [1.807, 2.05) is 24.3 Å². The minimum Gasteiger partial charge on any atom is -0.466 e. The molecule has 100 valence electrons. The van der Waals surface area contributed by atoms with E-state index in [9.17, 15) is 9.59 Å². The lowest BCUT2D eigenvalue weighted by Crippen LogP contribution is -2.13. The molecule has 0 aliphatic heterocycles. The average Bonchev–Trinajstić information content (AvgIpc) is 2.80. The van der Waals surface area contributed by atoms with Gasteiger partial charge in [-0.05, 0) is 13.0 Å². The normalized spacial score (nSPS) is 10.6. The van der Waals surface area contributed by atoms with Crippen LogP contribution in [0.25, 0.3) is 10.9 Å². The van der Waals surface area contributed by atoms with Gasteiger partial charge in [0.1, 0.15) is 6.54 Å². The molecule has 0 unspecified atom stereocenters. The Morgan fingerprint density at radius 3 is 2.84 bits per heavy atom. The van der Waals surface area contributed by atoms with Gasteiger partial charge in [0, 0.05) is 11.8 Å². The summed E-state index contributed by atoms with van der Waals surface area (Å²) in [5, 5.41) is 5.18. The van der Waals surface area contributed by atoms with Crippen LogP contribution in [0, 0.1) is 0 Å². The lowest BCUT2D eigenvalue weighted by molar-refractivity contribution is -0.144. The van der Waals surface area contributed by atoms with Gasteiger partial charge in [0.2, 0.25) is 0 Å². The van der Waals surface area contributed by atoms with Gasteiger partial charge in [0.15, 0.2) is 5.78 Å². The van der Waals surface area contributed by atoms with Gasteiger partial charge in [0.25, 0.3) is 0 Å². The number of benzene rings is 1. The van der Waals surface area contributed by atoms with Gasteiger partial charge in [-0.3, -0.25) is 14.3 Å². The minimum atomic E-state index is -0.332. The number of ketones is 1. The second kappa shape index (κ2) is 6.13. The first-order chi connectivity index (χ1) is 9.20. The first kappa shape index (κ1) is 13.3. The maximum absolute atomic E-state index is 11.8. The number of rotatable bonds is 6. The molecule has 0 aliphatic carbocycles. The van der Waals surface area contributed by atoms with Crippen molar-refractivity contribution >= 4 is 22.7 Å². The number of fused-ring (bicyclic) bond motifs is 1. The predicted molar refractivity (Wildman–Crippen MR) is 70.6 cm³/mol. The fraction of sp³-hybridized carbons (Fsp3) is 0.357. The van der Waals surface area contributed by atoms with E-state index < -0.39 is 0 Å². The maximum atomic E-state index is 11.8. The monoisotopic (exact) mass is 260 g/mol. The van der Waals surface area contributed by atoms with Crippen LogP contribution in [0.3, 0.4) is 0 Å². The van der Waals surface area contributed by atoms with Crippen molar-refractivity contribution in [3.05, 3.63) is 30.5 Å². The molecule has 1 heterocycles. The van der Waals surface area contributed by atoms with E-state index in [0.29, 0.717) is 6.61 Å². The summed E-state index contributed by atoms with van der Waals surface area (Å²) in [6, 6.07) is 7.70. The third-order valence-corrected chi connectivity index (χ3v) is 2.79. The standard InChI is InChI=1S/C14H16N2O3/c1-2-19-14(18)8-7-12(17)10-16-13-6-4-3-5-11(13)9-15-16/h3-6,9H,2,7-8,10H2,1H3. The van der Waals surface area contributed by atoms with Crippen molar-refractivity contribution in [3.8, 4) is 0 Å². The van der Waals surface area contributed by atoms with Crippen molar-refractivity contribution in [2.24, 2.45) is 0 Å². The zero-order valence-electron chi connectivity index (χ0n) is 10.8. The van der Waals surface area contributed by atoms with Gasteiger partial charge < -0.3 is 4.74 Å². The summed E-state index contributed by atoms with van der Waals surface area (Å²) in [4.78, 5) is 23.0. The van der Waals surface area contributed by atoms with Crippen LogP contribution in [-0.2, 0) is 20.9 Å². The van der Waals surface area contributed by atoms with Crippen LogP contribution < -0.4 is 0 Å². The molecule has 0 N–H and O–H groups in total. The molecule has 1 aromatic heterocycles. The van der Waals surface area contributed by atoms with E-state index in [-0.39, 0.29) is 31.1 Å². The number of hydrogen-bond donors (Lipinski definition) is 0. The SMILES string of the molecule is CCOC(=O)CCC(=O)Cn1ncc2ccccc21. The molecular weight excluding hydrogens is 244 g/mol. The summed E-state index contributed by atoms with van der Waals surface area (Å²) in [5.41, 5.74) is 0.923. The van der Waals surface area contributed by atoms with E-state index in [0.717, 1.165) is 10.9 Å². The quantitative estimate of drug-likeness (QED) is 0.745. The third-order valence-electron chi connectivity index (χ3n) is 2.79. The number of nitrogens with zero attached hydrogens (tertiary/aromatic N) is 2. The average molecular weight is 260 g/mol. The third kappa shape index (κ3) is 3.40. The molecule has 5 heteroatoms. The zero-order valence-corrected chi connectivity index (χ0v) is 10.8. The van der Waals surface area contributed by atoms with Gasteiger partial charge in [-0.15, -0.1) is 0 Å². The Labute approximate surface area is 111 Å². The number of Topliss-reactive ketones (excluding diaryl/α,β-unsaturated/α-hetero) is 1. The lowest BCUT2D eigenvalue weighted by atomic mass is 10.2. The number of carbonyl (C=O) groups excluding carboxylic acids is 2. The molecule has 0 bridgehead atoms. The highest BCUT2D eigenvalue weighted by Gasteiger charge is 2.10. The summed E-state index contributed by atoms with van der Waals surface area (Å²) in [7, 11) is 0. The van der Waals surface area contributed by atoms with Crippen LogP contribution in [0.4, 0.5) is 0 Å². The fourth-order valence-electron chi connectivity index (χ4n) is 1.87. The Morgan fingerprint density at radius 1 is 1.26 bits per heavy atom. The Hall–Kier alpha value is -2.17. The van der Waals surface area contributed by atoms with Crippen molar-refractivity contribution in [1.29, 1.82) is 0 Å². The molecule has 0 amide bonds. The Kier molecular flexibility index (Phi) is 4.28. The largest absolute Gasteiger partial charge is 0.466 e. The number of hydrogen-bond acceptors (Lipinski definition) is 4. The number of esters is 1. The van der Waals surface area contributed by atoms with Crippen LogP contribution >= 0.6 is 0 Å². The highest BCUT2D eigenvalue weighted by molar-refractivity contribution is 5.85. The zero-order chi connectivity index (χ0) is 13.7. The number of aromatic nitrogens is 2. The van der Waals surface area contributed by atoms with Crippen molar-refractivity contribution in [1.82, 2.24) is 9.78 Å². The first-order valence-electron chi connectivity index (χ1n) is 6.28. The molecule has 0 spiro atoms. The van der Waals surface area contributed by atoms with Crippen LogP contribution in [0.5, 0.6) is 0 Å². The van der Waals surface area contributed by atoms with E-state index in [4.69, 9.17) is 4.74 Å². The van der Waals surface area contributed by atoms with Crippen LogP contribution in [0.2, 0.25) is 0 Å². The molecule has 0 saturated carbocycles. The number of ether oxygens (including phenoxy) is 1. The smallest absolute Gasteiger partial charge is 0.306 e. The lowest BCUT2D eigenvalue weighted by Gasteiger charge is -2.03. The van der Waals surface area contributed by atoms with Gasteiger partial charge in [-0.1, -0.05) is 18.2 Å². The molecule has 2 rings (SSSR count). The molecule has 2 aromatic rings.